The predicted octanol–water partition coefficient (Wildman–Crippen LogP) is 3.92. The summed E-state index contributed by atoms with van der Waals surface area (Å²) in [5, 5.41) is 9.81. The zero-order valence-electron chi connectivity index (χ0n) is 25.9. The number of likely N-dealkylation sites (tertiary alicyclic amines) is 1. The number of anilines is 2. The van der Waals surface area contributed by atoms with Gasteiger partial charge in [0.1, 0.15) is 5.82 Å². The van der Waals surface area contributed by atoms with Crippen molar-refractivity contribution in [1.82, 2.24) is 20.5 Å². The van der Waals surface area contributed by atoms with Crippen LogP contribution in [0.2, 0.25) is 0 Å². The van der Waals surface area contributed by atoms with Gasteiger partial charge in [0, 0.05) is 66.8 Å². The van der Waals surface area contributed by atoms with Crippen LogP contribution in [-0.2, 0) is 0 Å². The Morgan fingerprint density at radius 3 is 2.16 bits per heavy atom. The second kappa shape index (κ2) is 13.3. The third-order valence-corrected chi connectivity index (χ3v) is 9.52. The van der Waals surface area contributed by atoms with Crippen LogP contribution in [0.5, 0.6) is 0 Å². The number of benzene rings is 1. The first-order valence-electron chi connectivity index (χ1n) is 16.0. The highest BCUT2D eigenvalue weighted by atomic mass is 16.2. The summed E-state index contributed by atoms with van der Waals surface area (Å²) in [4.78, 5) is 47.7. The molecule has 3 aliphatic heterocycles. The van der Waals surface area contributed by atoms with E-state index in [9.17, 15) is 14.4 Å². The topological polar surface area (TPSA) is 133 Å². The van der Waals surface area contributed by atoms with E-state index in [0.29, 0.717) is 28.4 Å². The second-order valence-electron chi connectivity index (χ2n) is 12.7. The van der Waals surface area contributed by atoms with Crippen molar-refractivity contribution in [2.45, 2.75) is 109 Å². The number of primary amides is 1. The van der Waals surface area contributed by atoms with Crippen molar-refractivity contribution < 1.29 is 14.4 Å². The third kappa shape index (κ3) is 6.95. The predicted molar refractivity (Wildman–Crippen MR) is 170 cm³/mol. The van der Waals surface area contributed by atoms with Gasteiger partial charge in [-0.3, -0.25) is 19.3 Å². The molecule has 4 heterocycles. The van der Waals surface area contributed by atoms with Gasteiger partial charge in [0.05, 0.1) is 11.1 Å². The summed E-state index contributed by atoms with van der Waals surface area (Å²) < 4.78 is 0. The SMILES string of the molecule is CCC(CC)Nc1cc(C(=O)NC2C[C@H]3CC[C@@H](C2)N3c2ccc(C(=O)N[C@H]3CCN(C(C)C)C3)cn2)ccc1C(N)=O. The van der Waals surface area contributed by atoms with Gasteiger partial charge in [-0.1, -0.05) is 13.8 Å². The molecular weight excluding hydrogens is 542 g/mol. The number of hydrogen-bond donors (Lipinski definition) is 4. The fourth-order valence-electron chi connectivity index (χ4n) is 6.99. The lowest BCUT2D eigenvalue weighted by molar-refractivity contribution is 0.0922. The summed E-state index contributed by atoms with van der Waals surface area (Å²) in [6.07, 6.45) is 8.22. The summed E-state index contributed by atoms with van der Waals surface area (Å²) in [5.41, 5.74) is 7.70. The van der Waals surface area contributed by atoms with E-state index >= 15 is 0 Å². The van der Waals surface area contributed by atoms with Crippen LogP contribution in [0.25, 0.3) is 0 Å². The lowest BCUT2D eigenvalue weighted by atomic mass is 9.96. The second-order valence-corrected chi connectivity index (χ2v) is 12.7. The summed E-state index contributed by atoms with van der Waals surface area (Å²) in [6, 6.07) is 10.4. The summed E-state index contributed by atoms with van der Waals surface area (Å²) in [7, 11) is 0. The van der Waals surface area contributed by atoms with E-state index in [2.05, 4.69) is 53.4 Å². The van der Waals surface area contributed by atoms with Crippen LogP contribution < -0.4 is 26.6 Å². The van der Waals surface area contributed by atoms with Crippen molar-refractivity contribution in [3.8, 4) is 0 Å². The molecule has 43 heavy (non-hydrogen) atoms. The number of hydrogen-bond acceptors (Lipinski definition) is 7. The van der Waals surface area contributed by atoms with Crippen molar-refractivity contribution in [3.63, 3.8) is 0 Å². The van der Waals surface area contributed by atoms with Crippen LogP contribution in [0.3, 0.4) is 0 Å². The fraction of sp³-hybridized carbons (Fsp3) is 0.576. The van der Waals surface area contributed by atoms with Gasteiger partial charge in [0.15, 0.2) is 0 Å². The summed E-state index contributed by atoms with van der Waals surface area (Å²) >= 11 is 0. The minimum Gasteiger partial charge on any atom is -0.382 e. The van der Waals surface area contributed by atoms with Crippen molar-refractivity contribution in [1.29, 1.82) is 0 Å². The molecule has 5 rings (SSSR count). The lowest BCUT2D eigenvalue weighted by Gasteiger charge is -2.40. The number of rotatable bonds is 11. The van der Waals surface area contributed by atoms with Gasteiger partial charge in [0.2, 0.25) is 0 Å². The Hall–Kier alpha value is -3.66. The van der Waals surface area contributed by atoms with Crippen LogP contribution in [-0.4, -0.2) is 76.9 Å². The molecule has 2 bridgehead atoms. The molecule has 0 aliphatic carbocycles. The number of pyridine rings is 1. The molecule has 3 aliphatic rings. The molecule has 3 fully saturated rings. The maximum atomic E-state index is 13.3. The zero-order valence-corrected chi connectivity index (χ0v) is 25.9. The van der Waals surface area contributed by atoms with Gasteiger partial charge in [-0.25, -0.2) is 4.98 Å². The highest BCUT2D eigenvalue weighted by molar-refractivity contribution is 6.02. The molecule has 232 valence electrons. The average Bonchev–Trinajstić information content (AvgIpc) is 3.57. The number of nitrogens with one attached hydrogen (secondary N) is 3. The molecule has 3 amide bonds. The molecule has 0 spiro atoms. The number of aromatic nitrogens is 1. The van der Waals surface area contributed by atoms with E-state index in [1.165, 1.54) is 0 Å². The Bertz CT molecular complexity index is 1300. The van der Waals surface area contributed by atoms with E-state index in [-0.39, 0.29) is 42.0 Å². The first kappa shape index (κ1) is 30.8. The largest absolute Gasteiger partial charge is 0.382 e. The van der Waals surface area contributed by atoms with E-state index in [0.717, 1.165) is 63.9 Å². The molecule has 5 N–H and O–H groups in total. The van der Waals surface area contributed by atoms with Gasteiger partial charge in [-0.05, 0) is 89.1 Å². The molecule has 4 atom stereocenters. The summed E-state index contributed by atoms with van der Waals surface area (Å²) in [5.74, 6) is 0.160. The maximum absolute atomic E-state index is 13.3. The van der Waals surface area contributed by atoms with Crippen molar-refractivity contribution in [2.75, 3.05) is 23.3 Å². The Labute approximate surface area is 255 Å². The van der Waals surface area contributed by atoms with E-state index in [1.807, 2.05) is 12.1 Å². The Morgan fingerprint density at radius 2 is 1.58 bits per heavy atom. The molecule has 0 radical (unpaired) electrons. The van der Waals surface area contributed by atoms with Crippen LogP contribution in [0.1, 0.15) is 104 Å². The number of amides is 3. The van der Waals surface area contributed by atoms with Crippen molar-refractivity contribution >= 4 is 29.2 Å². The number of nitrogens with zero attached hydrogens (tertiary/aromatic N) is 3. The Balaban J connectivity index is 1.19. The van der Waals surface area contributed by atoms with Crippen LogP contribution in [0, 0.1) is 0 Å². The number of carbonyl (C=O) groups is 3. The first-order chi connectivity index (χ1) is 20.7. The number of nitrogens with two attached hydrogens (primary N) is 1. The van der Waals surface area contributed by atoms with Gasteiger partial charge in [0.25, 0.3) is 17.7 Å². The highest BCUT2D eigenvalue weighted by Gasteiger charge is 2.42. The monoisotopic (exact) mass is 589 g/mol. The van der Waals surface area contributed by atoms with Gasteiger partial charge >= 0.3 is 0 Å². The number of piperidine rings is 1. The van der Waals surface area contributed by atoms with E-state index in [1.54, 1.807) is 24.4 Å². The minimum atomic E-state index is -0.515. The van der Waals surface area contributed by atoms with Gasteiger partial charge < -0.3 is 26.6 Å². The molecule has 10 nitrogen and oxygen atoms in total. The smallest absolute Gasteiger partial charge is 0.253 e. The standard InChI is InChI=1S/C33H47N7O3/c1-5-23(6-2)36-29-15-21(7-11-28(29)31(34)41)32(42)38-25-16-26-9-10-27(17-25)40(26)30-12-8-22(18-35-30)33(43)37-24-13-14-39(19-24)20(3)4/h7-8,11-12,15,18,20,23-27,36H,5-6,9-10,13-14,16-17,19H2,1-4H3,(H2,34,41)(H,37,43)(H,38,42)/t24-,25?,26-,27+/m0/s1. The Kier molecular flexibility index (Phi) is 9.54. The minimum absolute atomic E-state index is 0.0503. The molecule has 2 aromatic rings. The van der Waals surface area contributed by atoms with Crippen molar-refractivity contribution in [3.05, 3.63) is 53.2 Å². The number of carbonyl (C=O) groups excluding carboxylic acids is 3. The molecule has 10 heteroatoms. The van der Waals surface area contributed by atoms with Gasteiger partial charge in [-0.2, -0.15) is 0 Å². The fourth-order valence-corrected chi connectivity index (χ4v) is 6.99. The Morgan fingerprint density at radius 1 is 0.930 bits per heavy atom. The zero-order chi connectivity index (χ0) is 30.7. The van der Waals surface area contributed by atoms with Crippen LogP contribution in [0.15, 0.2) is 36.5 Å². The molecule has 3 saturated heterocycles. The first-order valence-corrected chi connectivity index (χ1v) is 16.0. The quantitative estimate of drug-likeness (QED) is 0.312. The third-order valence-electron chi connectivity index (χ3n) is 9.52. The van der Waals surface area contributed by atoms with Crippen molar-refractivity contribution in [2.24, 2.45) is 5.73 Å². The van der Waals surface area contributed by atoms with Crippen LogP contribution in [0.4, 0.5) is 11.5 Å². The number of fused-ring (bicyclic) bond motifs is 2. The van der Waals surface area contributed by atoms with E-state index < -0.39 is 5.91 Å². The maximum Gasteiger partial charge on any atom is 0.253 e. The van der Waals surface area contributed by atoms with Crippen LogP contribution >= 0.6 is 0 Å². The molecule has 0 saturated carbocycles. The normalized spacial score (nSPS) is 23.5. The lowest BCUT2D eigenvalue weighted by Crippen LogP contribution is -2.50. The van der Waals surface area contributed by atoms with E-state index in [4.69, 9.17) is 10.7 Å². The molecule has 1 aromatic carbocycles. The highest BCUT2D eigenvalue weighted by Crippen LogP contribution is 2.38. The summed E-state index contributed by atoms with van der Waals surface area (Å²) in [6.45, 7) is 10.4. The molecule has 1 unspecified atom stereocenters. The molecule has 1 aromatic heterocycles. The average molecular weight is 590 g/mol. The van der Waals surface area contributed by atoms with Gasteiger partial charge in [-0.15, -0.1) is 0 Å². The molecular formula is C33H47N7O3.